The van der Waals surface area contributed by atoms with Crippen molar-refractivity contribution < 1.29 is 14.1 Å². The Bertz CT molecular complexity index is 1320. The molecule has 4 aromatic rings. The van der Waals surface area contributed by atoms with Gasteiger partial charge < -0.3 is 15.8 Å². The molecule has 0 saturated carbocycles. The molecular weight excluding hydrogens is 444 g/mol. The van der Waals surface area contributed by atoms with Crippen LogP contribution >= 0.6 is 11.3 Å². The number of rotatable bonds is 6. The summed E-state index contributed by atoms with van der Waals surface area (Å²) in [6.07, 6.45) is 1.68. The van der Waals surface area contributed by atoms with Crippen molar-refractivity contribution in [2.45, 2.75) is 10.8 Å². The van der Waals surface area contributed by atoms with E-state index in [0.717, 1.165) is 42.4 Å². The predicted octanol–water partition coefficient (Wildman–Crippen LogP) is 3.95. The second-order valence-corrected chi connectivity index (χ2v) is 10.2. The molecule has 0 radical (unpaired) electrons. The number of amides is 1. The lowest BCUT2D eigenvalue weighted by Gasteiger charge is -2.09. The van der Waals surface area contributed by atoms with Crippen LogP contribution in [-0.2, 0) is 22.5 Å². The molecular formula is C23H21N4O3S2+. The smallest absolute Gasteiger partial charge is 0.270 e. The van der Waals surface area contributed by atoms with Crippen molar-refractivity contribution in [1.82, 2.24) is 15.3 Å². The molecule has 1 aromatic carbocycles. The summed E-state index contributed by atoms with van der Waals surface area (Å²) in [4.78, 5) is 21.9. The predicted molar refractivity (Wildman–Crippen MR) is 129 cm³/mol. The van der Waals surface area contributed by atoms with E-state index >= 15 is 0 Å². The van der Waals surface area contributed by atoms with E-state index in [4.69, 9.17) is 15.5 Å². The third-order valence-corrected chi connectivity index (χ3v) is 8.28. The van der Waals surface area contributed by atoms with Gasteiger partial charge in [-0.3, -0.25) is 9.78 Å². The number of benzene rings is 1. The number of hydrogen-bond donors (Lipinski definition) is 3. The molecule has 9 heteroatoms. The number of ether oxygens (including phenoxy) is 1. The van der Waals surface area contributed by atoms with Crippen LogP contribution in [0.1, 0.15) is 16.1 Å². The molecule has 0 fully saturated rings. The van der Waals surface area contributed by atoms with E-state index in [1.54, 1.807) is 13.3 Å². The van der Waals surface area contributed by atoms with E-state index in [-0.39, 0.29) is 5.91 Å². The van der Waals surface area contributed by atoms with Crippen LogP contribution < -0.4 is 11.1 Å². The Morgan fingerprint density at radius 1 is 1.25 bits per heavy atom. The van der Waals surface area contributed by atoms with Gasteiger partial charge in [0.1, 0.15) is 16.2 Å². The number of thiophene rings is 1. The number of hydrogen-bond acceptors (Lipinski definition) is 7. The highest BCUT2D eigenvalue weighted by atomic mass is 32.2. The summed E-state index contributed by atoms with van der Waals surface area (Å²) in [6, 6.07) is 13.9. The topological polar surface area (TPSA) is 110 Å². The summed E-state index contributed by atoms with van der Waals surface area (Å²) in [7, 11) is 1.61. The number of carbonyl (C=O) groups is 1. The number of aromatic nitrogens is 2. The van der Waals surface area contributed by atoms with Gasteiger partial charge in [-0.25, -0.2) is 4.98 Å². The number of pyridine rings is 2. The van der Waals surface area contributed by atoms with Crippen molar-refractivity contribution in [3.63, 3.8) is 0 Å². The van der Waals surface area contributed by atoms with Gasteiger partial charge in [-0.2, -0.15) is 4.55 Å². The van der Waals surface area contributed by atoms with Gasteiger partial charge in [0, 0.05) is 36.4 Å². The van der Waals surface area contributed by atoms with E-state index in [0.29, 0.717) is 30.3 Å². The monoisotopic (exact) mass is 465 g/mol. The quantitative estimate of drug-likeness (QED) is 0.372. The van der Waals surface area contributed by atoms with Gasteiger partial charge in [-0.1, -0.05) is 41.7 Å². The fraction of sp³-hybridized carbons (Fsp3) is 0.174. The summed E-state index contributed by atoms with van der Waals surface area (Å²) in [5.41, 5.74) is 12.0. The molecule has 162 valence electrons. The Balaban J connectivity index is 1.70. The van der Waals surface area contributed by atoms with Crippen LogP contribution in [0.5, 0.6) is 0 Å². The second-order valence-electron chi connectivity index (χ2n) is 7.38. The normalized spacial score (nSPS) is 13.9. The van der Waals surface area contributed by atoms with Gasteiger partial charge in [0.05, 0.1) is 12.3 Å². The van der Waals surface area contributed by atoms with E-state index < -0.39 is 11.2 Å². The molecule has 5 rings (SSSR count). The van der Waals surface area contributed by atoms with Crippen LogP contribution in [0.3, 0.4) is 0 Å². The highest BCUT2D eigenvalue weighted by Gasteiger charge is 2.30. The first-order valence-corrected chi connectivity index (χ1v) is 12.2. The summed E-state index contributed by atoms with van der Waals surface area (Å²) in [6.45, 7) is 0.913. The maximum Gasteiger partial charge on any atom is 0.270 e. The number of nitrogens with two attached hydrogens (primary N) is 1. The van der Waals surface area contributed by atoms with Crippen LogP contribution in [-0.4, -0.2) is 39.9 Å². The minimum absolute atomic E-state index is 0.151. The molecule has 0 spiro atoms. The number of nitrogen functional groups attached to an aromatic ring is 1. The standard InChI is InChI=1S/C23H20N4O3S2/c1-30-7-8-32(29)23-19(24)18-16(13-5-3-2-4-6-13)10-17(27-22(18)31-23)14-9-15-12-26-21(28)20(15)25-11-14/h2-6,9-11,29H,7-8,12,24H2,1H3/p+1. The molecule has 1 aliphatic rings. The molecule has 1 unspecified atom stereocenters. The number of methoxy groups -OCH3 is 1. The number of anilines is 1. The van der Waals surface area contributed by atoms with Crippen molar-refractivity contribution in [2.75, 3.05) is 25.2 Å². The fourth-order valence-electron chi connectivity index (χ4n) is 3.77. The zero-order chi connectivity index (χ0) is 22.2. The SMILES string of the molecule is COCC[S+](O)c1sc2nc(-c3cnc4c(c3)CNC4=O)cc(-c3ccccc3)c2c1N. The summed E-state index contributed by atoms with van der Waals surface area (Å²) < 4.78 is 16.6. The van der Waals surface area contributed by atoms with Crippen molar-refractivity contribution in [1.29, 1.82) is 0 Å². The Kier molecular flexibility index (Phi) is 5.56. The molecule has 32 heavy (non-hydrogen) atoms. The second kappa shape index (κ2) is 8.51. The van der Waals surface area contributed by atoms with Gasteiger partial charge in [0.25, 0.3) is 10.1 Å². The van der Waals surface area contributed by atoms with Gasteiger partial charge in [-0.05, 0) is 23.3 Å². The zero-order valence-electron chi connectivity index (χ0n) is 17.3. The summed E-state index contributed by atoms with van der Waals surface area (Å²) in [5, 5.41) is 3.64. The van der Waals surface area contributed by atoms with Crippen molar-refractivity contribution >= 4 is 44.3 Å². The molecule has 1 atom stereocenters. The number of fused-ring (bicyclic) bond motifs is 2. The first-order valence-electron chi connectivity index (χ1n) is 10.0. The highest BCUT2D eigenvalue weighted by molar-refractivity contribution is 7.93. The summed E-state index contributed by atoms with van der Waals surface area (Å²) >= 11 is 0.383. The van der Waals surface area contributed by atoms with Crippen LogP contribution in [0.4, 0.5) is 5.69 Å². The summed E-state index contributed by atoms with van der Waals surface area (Å²) in [5.74, 6) is 0.332. The molecule has 4 heterocycles. The largest absolute Gasteiger partial charge is 0.393 e. The Morgan fingerprint density at radius 3 is 2.84 bits per heavy atom. The van der Waals surface area contributed by atoms with Gasteiger partial charge in [0.2, 0.25) is 0 Å². The van der Waals surface area contributed by atoms with Crippen LogP contribution in [0.25, 0.3) is 32.6 Å². The van der Waals surface area contributed by atoms with Crippen molar-refractivity contribution in [3.05, 3.63) is 59.9 Å². The highest BCUT2D eigenvalue weighted by Crippen LogP contribution is 2.43. The number of nitrogens with one attached hydrogen (secondary N) is 1. The molecule has 4 N–H and O–H groups in total. The minimum Gasteiger partial charge on any atom is -0.393 e. The molecule has 0 bridgehead atoms. The molecule has 0 aliphatic carbocycles. The Labute approximate surface area is 191 Å². The van der Waals surface area contributed by atoms with E-state index in [9.17, 15) is 9.35 Å². The Hall–Kier alpha value is -2.98. The average Bonchev–Trinajstić information content (AvgIpc) is 3.37. The van der Waals surface area contributed by atoms with Crippen LogP contribution in [0.15, 0.2) is 52.9 Å². The average molecular weight is 466 g/mol. The molecule has 3 aromatic heterocycles. The maximum absolute atomic E-state index is 11.9. The van der Waals surface area contributed by atoms with E-state index in [2.05, 4.69) is 10.3 Å². The lowest BCUT2D eigenvalue weighted by atomic mass is 10.00. The van der Waals surface area contributed by atoms with E-state index in [1.165, 1.54) is 11.3 Å². The molecule has 1 aliphatic heterocycles. The Morgan fingerprint density at radius 2 is 2.06 bits per heavy atom. The van der Waals surface area contributed by atoms with Crippen molar-refractivity contribution in [2.24, 2.45) is 0 Å². The van der Waals surface area contributed by atoms with Crippen LogP contribution in [0, 0.1) is 0 Å². The first-order chi connectivity index (χ1) is 15.6. The molecule has 0 saturated heterocycles. The lowest BCUT2D eigenvalue weighted by Crippen LogP contribution is -2.13. The first kappa shape index (κ1) is 20.9. The van der Waals surface area contributed by atoms with Gasteiger partial charge in [0.15, 0.2) is 16.9 Å². The van der Waals surface area contributed by atoms with E-state index in [1.807, 2.05) is 42.5 Å². The third kappa shape index (κ3) is 3.63. The number of nitrogens with zero attached hydrogens (tertiary/aromatic N) is 2. The van der Waals surface area contributed by atoms with Gasteiger partial charge in [-0.15, -0.1) is 0 Å². The fourth-order valence-corrected chi connectivity index (χ4v) is 6.36. The van der Waals surface area contributed by atoms with Crippen LogP contribution in [0.2, 0.25) is 0 Å². The zero-order valence-corrected chi connectivity index (χ0v) is 18.9. The lowest BCUT2D eigenvalue weighted by molar-refractivity contribution is 0.0961. The maximum atomic E-state index is 11.9. The third-order valence-electron chi connectivity index (χ3n) is 5.36. The van der Waals surface area contributed by atoms with Gasteiger partial charge >= 0.3 is 0 Å². The molecule has 7 nitrogen and oxygen atoms in total. The molecule has 1 amide bonds. The van der Waals surface area contributed by atoms with Crippen molar-refractivity contribution in [3.8, 4) is 22.4 Å². The number of carbonyl (C=O) groups excluding carboxylic acids is 1. The minimum atomic E-state index is -1.03.